The van der Waals surface area contributed by atoms with E-state index in [1.165, 1.54) is 58.8 Å². The van der Waals surface area contributed by atoms with Gasteiger partial charge in [0.05, 0.1) is 12.2 Å². The number of ether oxygens (including phenoxy) is 1. The molecule has 4 aromatic carbocycles. The maximum absolute atomic E-state index is 13.0. The lowest BCUT2D eigenvalue weighted by Crippen LogP contribution is -2.28. The molecule has 55 heavy (non-hydrogen) atoms. The molecule has 17 heteroatoms. The number of anilines is 1. The zero-order valence-electron chi connectivity index (χ0n) is 28.1. The SMILES string of the molecule is Nc1ccn([C@@H]2CS[C@H](CO)O2)c(=O)n1.O=c1cc(-c2ccc(O)c(-c3c(O)cc4oc(-c5ccc(O)cc5)cc(=O)c4c3O)c2)oc2cc(O)cc(O)c12. The number of phenolic OH excluding ortho intramolecular Hbond substituents is 6. The van der Waals surface area contributed by atoms with Gasteiger partial charge in [0, 0.05) is 59.0 Å². The molecule has 0 bridgehead atoms. The number of hydrogen-bond donors (Lipinski definition) is 8. The predicted molar refractivity (Wildman–Crippen MR) is 201 cm³/mol. The topological polar surface area (TPSA) is 272 Å². The molecule has 8 rings (SSSR count). The summed E-state index contributed by atoms with van der Waals surface area (Å²) in [5.74, 6) is -1.34. The van der Waals surface area contributed by atoms with Gasteiger partial charge in [0.2, 0.25) is 0 Å². The molecule has 9 N–H and O–H groups in total. The zero-order chi connectivity index (χ0) is 39.1. The average Bonchev–Trinajstić information content (AvgIpc) is 3.61. The third-order valence-electron chi connectivity index (χ3n) is 8.51. The van der Waals surface area contributed by atoms with Crippen LogP contribution in [-0.2, 0) is 4.74 Å². The van der Waals surface area contributed by atoms with E-state index < -0.39 is 33.8 Å². The largest absolute Gasteiger partial charge is 0.508 e. The zero-order valence-corrected chi connectivity index (χ0v) is 28.9. The first kappa shape index (κ1) is 36.4. The van der Waals surface area contributed by atoms with E-state index >= 15 is 0 Å². The number of thioether (sulfide) groups is 1. The fourth-order valence-corrected chi connectivity index (χ4v) is 6.87. The number of fused-ring (bicyclic) bond motifs is 2. The van der Waals surface area contributed by atoms with E-state index in [-0.39, 0.29) is 91.5 Å². The molecule has 3 aromatic heterocycles. The summed E-state index contributed by atoms with van der Waals surface area (Å²) in [5, 5.41) is 70.5. The molecule has 0 radical (unpaired) electrons. The van der Waals surface area contributed by atoms with Crippen LogP contribution < -0.4 is 22.3 Å². The molecule has 0 spiro atoms. The van der Waals surface area contributed by atoms with Gasteiger partial charge in [-0.25, -0.2) is 4.79 Å². The van der Waals surface area contributed by atoms with Crippen molar-refractivity contribution in [3.05, 3.63) is 116 Å². The van der Waals surface area contributed by atoms with Gasteiger partial charge in [0.25, 0.3) is 0 Å². The fraction of sp³-hybridized carbons (Fsp3) is 0.105. The molecule has 0 saturated carbocycles. The van der Waals surface area contributed by atoms with Crippen LogP contribution in [0.5, 0.6) is 34.5 Å². The molecule has 2 atom stereocenters. The Kier molecular flexibility index (Phi) is 9.58. The van der Waals surface area contributed by atoms with Crippen molar-refractivity contribution < 1.29 is 49.3 Å². The van der Waals surface area contributed by atoms with Gasteiger partial charge in [0.1, 0.15) is 85.4 Å². The van der Waals surface area contributed by atoms with E-state index in [9.17, 15) is 45.0 Å². The summed E-state index contributed by atoms with van der Waals surface area (Å²) in [7, 11) is 0. The first-order chi connectivity index (χ1) is 26.3. The minimum atomic E-state index is -0.650. The molecule has 1 aliphatic heterocycles. The number of aliphatic hydroxyl groups is 1. The molecule has 1 aliphatic rings. The van der Waals surface area contributed by atoms with Gasteiger partial charge in [0.15, 0.2) is 10.9 Å². The molecule has 0 amide bonds. The molecular formula is C38H29N3O13S. The van der Waals surface area contributed by atoms with Gasteiger partial charge in [-0.3, -0.25) is 14.2 Å². The summed E-state index contributed by atoms with van der Waals surface area (Å²) in [6.07, 6.45) is 1.18. The summed E-state index contributed by atoms with van der Waals surface area (Å²) < 4.78 is 18.3. The van der Waals surface area contributed by atoms with Crippen molar-refractivity contribution in [1.82, 2.24) is 9.55 Å². The summed E-state index contributed by atoms with van der Waals surface area (Å²) in [4.78, 5) is 40.8. The Balaban J connectivity index is 0.000000259. The highest BCUT2D eigenvalue weighted by Crippen LogP contribution is 2.46. The van der Waals surface area contributed by atoms with Crippen LogP contribution in [0.25, 0.3) is 55.7 Å². The molecule has 1 fully saturated rings. The Morgan fingerprint density at radius 1 is 0.727 bits per heavy atom. The van der Waals surface area contributed by atoms with E-state index in [1.54, 1.807) is 12.3 Å². The van der Waals surface area contributed by atoms with Crippen molar-refractivity contribution in [1.29, 1.82) is 0 Å². The highest BCUT2D eigenvalue weighted by Gasteiger charge is 2.27. The van der Waals surface area contributed by atoms with Gasteiger partial charge in [-0.05, 0) is 48.5 Å². The molecule has 1 saturated heterocycles. The van der Waals surface area contributed by atoms with Crippen LogP contribution in [0.4, 0.5) is 5.82 Å². The van der Waals surface area contributed by atoms with Crippen LogP contribution in [0.1, 0.15) is 6.23 Å². The molecule has 7 aromatic rings. The lowest BCUT2D eigenvalue weighted by molar-refractivity contribution is -0.00629. The lowest BCUT2D eigenvalue weighted by Gasteiger charge is -2.13. The van der Waals surface area contributed by atoms with Crippen LogP contribution in [0, 0.1) is 0 Å². The van der Waals surface area contributed by atoms with Crippen LogP contribution in [0.15, 0.2) is 108 Å². The van der Waals surface area contributed by atoms with E-state index in [1.807, 2.05) is 0 Å². The summed E-state index contributed by atoms with van der Waals surface area (Å²) in [6, 6.07) is 17.0. The normalized spacial score (nSPS) is 15.2. The van der Waals surface area contributed by atoms with Crippen molar-refractivity contribution in [2.45, 2.75) is 11.7 Å². The average molecular weight is 768 g/mol. The maximum Gasteiger partial charge on any atom is 0.351 e. The molecular weight excluding hydrogens is 738 g/mol. The second-order valence-electron chi connectivity index (χ2n) is 12.1. The molecule has 280 valence electrons. The van der Waals surface area contributed by atoms with Gasteiger partial charge in [-0.2, -0.15) is 4.98 Å². The number of phenols is 6. The molecule has 4 heterocycles. The van der Waals surface area contributed by atoms with Crippen LogP contribution in [-0.4, -0.2) is 63.1 Å². The first-order valence-corrected chi connectivity index (χ1v) is 17.2. The van der Waals surface area contributed by atoms with Gasteiger partial charge < -0.3 is 55.1 Å². The minimum absolute atomic E-state index is 0.00146. The number of aliphatic hydroxyl groups excluding tert-OH is 1. The highest BCUT2D eigenvalue weighted by atomic mass is 32.2. The second kappa shape index (κ2) is 14.5. The fourth-order valence-electron chi connectivity index (χ4n) is 5.94. The van der Waals surface area contributed by atoms with E-state index in [0.717, 1.165) is 30.3 Å². The van der Waals surface area contributed by atoms with Gasteiger partial charge in [-0.15, -0.1) is 11.8 Å². The molecule has 0 unspecified atom stereocenters. The van der Waals surface area contributed by atoms with E-state index in [0.29, 0.717) is 11.3 Å². The Morgan fingerprint density at radius 3 is 2.05 bits per heavy atom. The van der Waals surface area contributed by atoms with Crippen LogP contribution in [0.2, 0.25) is 0 Å². The second-order valence-corrected chi connectivity index (χ2v) is 13.3. The van der Waals surface area contributed by atoms with E-state index in [4.69, 9.17) is 24.4 Å². The van der Waals surface area contributed by atoms with Crippen molar-refractivity contribution in [2.75, 3.05) is 18.1 Å². The Hall–Kier alpha value is -6.95. The quantitative estimate of drug-likeness (QED) is 0.119. The van der Waals surface area contributed by atoms with Crippen molar-refractivity contribution >= 4 is 39.5 Å². The summed E-state index contributed by atoms with van der Waals surface area (Å²) >= 11 is 1.47. The standard InChI is InChI=1S/C30H18O10.C8H11N3O3S/c31-15-4-1-13(2-5-15)23-11-22(37)29-26(39-23)12-20(35)27(30(29)38)17-7-14(3-6-18(17)33)24-10-21(36)28-19(34)8-16(32)9-25(28)40-24;9-5-1-2-11(8(13)10-5)6-4-15-7(3-12)14-6/h1-12,31-35,38H;1-2,6-7,12H,3-4H2,(H2,9,10,13)/t;6-,7+/m.0/s1. The van der Waals surface area contributed by atoms with Gasteiger partial charge >= 0.3 is 5.69 Å². The van der Waals surface area contributed by atoms with Crippen LogP contribution >= 0.6 is 11.8 Å². The molecule has 16 nitrogen and oxygen atoms in total. The Morgan fingerprint density at radius 2 is 1.38 bits per heavy atom. The van der Waals surface area contributed by atoms with Crippen LogP contribution in [0.3, 0.4) is 0 Å². The van der Waals surface area contributed by atoms with Crippen molar-refractivity contribution in [3.63, 3.8) is 0 Å². The highest BCUT2D eigenvalue weighted by molar-refractivity contribution is 8.00. The minimum Gasteiger partial charge on any atom is -0.508 e. The number of nitrogens with two attached hydrogens (primary N) is 1. The Bertz CT molecular complexity index is 2800. The third kappa shape index (κ3) is 7.09. The van der Waals surface area contributed by atoms with Crippen molar-refractivity contribution in [3.8, 4) is 68.3 Å². The van der Waals surface area contributed by atoms with Crippen molar-refractivity contribution in [2.24, 2.45) is 0 Å². The smallest absolute Gasteiger partial charge is 0.351 e. The Labute approximate surface area is 311 Å². The number of nitrogens with zero attached hydrogens (tertiary/aromatic N) is 2. The molecule has 0 aliphatic carbocycles. The summed E-state index contributed by atoms with van der Waals surface area (Å²) in [6.45, 7) is -0.0572. The monoisotopic (exact) mass is 767 g/mol. The predicted octanol–water partition coefficient (Wildman–Crippen LogP) is 4.54. The number of aromatic hydroxyl groups is 6. The maximum atomic E-state index is 13.0. The number of rotatable bonds is 5. The first-order valence-electron chi connectivity index (χ1n) is 16.2. The number of hydrogen-bond acceptors (Lipinski definition) is 16. The summed E-state index contributed by atoms with van der Waals surface area (Å²) in [5.41, 5.74) is 3.60. The van der Waals surface area contributed by atoms with E-state index in [2.05, 4.69) is 4.98 Å². The number of aromatic nitrogens is 2. The third-order valence-corrected chi connectivity index (χ3v) is 9.62. The number of benzene rings is 4. The number of nitrogen functional groups attached to an aromatic ring is 1. The van der Waals surface area contributed by atoms with Gasteiger partial charge in [-0.1, -0.05) is 0 Å². The lowest BCUT2D eigenvalue weighted by atomic mass is 9.97.